The maximum atomic E-state index is 12.6. The number of rotatable bonds is 3. The second kappa shape index (κ2) is 5.92. The lowest BCUT2D eigenvalue weighted by atomic mass is 9.96. The van der Waals surface area contributed by atoms with Gasteiger partial charge in [-0.1, -0.05) is 12.1 Å². The standard InChI is InChI=1S/C17H18N2O4S/c1-10-6-14-15(9-23-16(14)7-11(10)2)17(20)19-12-4-3-5-13(8-12)24(18,21)22/h3-8,15H,9H2,1-2H3,(H,19,20)(H2,18,21,22)/t15-/m1/s1. The van der Waals surface area contributed by atoms with E-state index in [-0.39, 0.29) is 17.4 Å². The maximum absolute atomic E-state index is 12.6. The molecule has 0 saturated carbocycles. The monoisotopic (exact) mass is 346 g/mol. The first-order valence-electron chi connectivity index (χ1n) is 7.43. The second-order valence-corrected chi connectivity index (χ2v) is 7.46. The Hall–Kier alpha value is -2.38. The third kappa shape index (κ3) is 3.13. The van der Waals surface area contributed by atoms with E-state index in [0.29, 0.717) is 5.69 Å². The Balaban J connectivity index is 1.84. The number of fused-ring (bicyclic) bond motifs is 1. The van der Waals surface area contributed by atoms with Crippen molar-refractivity contribution >= 4 is 21.6 Å². The number of hydrogen-bond donors (Lipinski definition) is 2. The average Bonchev–Trinajstić information content (AvgIpc) is 2.90. The predicted molar refractivity (Wildman–Crippen MR) is 90.6 cm³/mol. The van der Waals surface area contributed by atoms with Crippen LogP contribution >= 0.6 is 0 Å². The number of anilines is 1. The molecular weight excluding hydrogens is 328 g/mol. The third-order valence-electron chi connectivity index (χ3n) is 4.15. The van der Waals surface area contributed by atoms with Crippen molar-refractivity contribution in [1.29, 1.82) is 0 Å². The number of carbonyl (C=O) groups excluding carboxylic acids is 1. The molecule has 0 spiro atoms. The quantitative estimate of drug-likeness (QED) is 0.889. The summed E-state index contributed by atoms with van der Waals surface area (Å²) in [7, 11) is -3.82. The first-order chi connectivity index (χ1) is 11.3. The number of benzene rings is 2. The molecule has 1 aliphatic heterocycles. The summed E-state index contributed by atoms with van der Waals surface area (Å²) in [5, 5.41) is 7.84. The van der Waals surface area contributed by atoms with E-state index >= 15 is 0 Å². The Morgan fingerprint density at radius 3 is 2.62 bits per heavy atom. The van der Waals surface area contributed by atoms with E-state index in [1.807, 2.05) is 26.0 Å². The van der Waals surface area contributed by atoms with Crippen molar-refractivity contribution in [2.45, 2.75) is 24.7 Å². The van der Waals surface area contributed by atoms with Crippen LogP contribution in [0.25, 0.3) is 0 Å². The van der Waals surface area contributed by atoms with E-state index in [0.717, 1.165) is 22.4 Å². The maximum Gasteiger partial charge on any atom is 0.238 e. The summed E-state index contributed by atoms with van der Waals surface area (Å²) >= 11 is 0. The summed E-state index contributed by atoms with van der Waals surface area (Å²) in [4.78, 5) is 12.5. The van der Waals surface area contributed by atoms with Crippen molar-refractivity contribution in [3.63, 3.8) is 0 Å². The molecule has 3 rings (SSSR count). The molecule has 1 atom stereocenters. The van der Waals surface area contributed by atoms with Crippen molar-refractivity contribution in [2.75, 3.05) is 11.9 Å². The van der Waals surface area contributed by atoms with E-state index in [2.05, 4.69) is 5.32 Å². The van der Waals surface area contributed by atoms with Gasteiger partial charge in [-0.2, -0.15) is 0 Å². The van der Waals surface area contributed by atoms with E-state index in [9.17, 15) is 13.2 Å². The molecule has 1 heterocycles. The van der Waals surface area contributed by atoms with Crippen LogP contribution in [-0.2, 0) is 14.8 Å². The smallest absolute Gasteiger partial charge is 0.238 e. The average molecular weight is 346 g/mol. The zero-order chi connectivity index (χ0) is 17.5. The highest BCUT2D eigenvalue weighted by Gasteiger charge is 2.31. The molecule has 0 aromatic heterocycles. The molecule has 126 valence electrons. The van der Waals surface area contributed by atoms with Gasteiger partial charge in [0.15, 0.2) is 0 Å². The molecule has 1 aliphatic rings. The fourth-order valence-corrected chi connectivity index (χ4v) is 3.23. The molecule has 0 aliphatic carbocycles. The number of aryl methyl sites for hydroxylation is 2. The highest BCUT2D eigenvalue weighted by atomic mass is 32.2. The van der Waals surface area contributed by atoms with Crippen LogP contribution in [0.5, 0.6) is 5.75 Å². The molecule has 2 aromatic rings. The van der Waals surface area contributed by atoms with Gasteiger partial charge in [0.25, 0.3) is 0 Å². The topological polar surface area (TPSA) is 98.5 Å². The summed E-state index contributed by atoms with van der Waals surface area (Å²) < 4.78 is 28.4. The minimum absolute atomic E-state index is 0.0464. The Kier molecular flexibility index (Phi) is 4.06. The van der Waals surface area contributed by atoms with Gasteiger partial charge in [-0.05, 0) is 49.2 Å². The van der Waals surface area contributed by atoms with Crippen LogP contribution in [0.1, 0.15) is 22.6 Å². The van der Waals surface area contributed by atoms with Crippen LogP contribution in [0.15, 0.2) is 41.3 Å². The molecule has 7 heteroatoms. The molecular formula is C17H18N2O4S. The molecule has 2 aromatic carbocycles. The zero-order valence-corrected chi connectivity index (χ0v) is 14.2. The van der Waals surface area contributed by atoms with Crippen molar-refractivity contribution in [3.05, 3.63) is 53.1 Å². The lowest BCUT2D eigenvalue weighted by Gasteiger charge is -2.12. The lowest BCUT2D eigenvalue weighted by molar-refractivity contribution is -0.117. The number of nitrogens with two attached hydrogens (primary N) is 1. The second-order valence-electron chi connectivity index (χ2n) is 5.90. The first kappa shape index (κ1) is 16.5. The third-order valence-corrected chi connectivity index (χ3v) is 5.06. The predicted octanol–water partition coefficient (Wildman–Crippen LogP) is 2.07. The summed E-state index contributed by atoms with van der Waals surface area (Å²) in [6, 6.07) is 9.75. The van der Waals surface area contributed by atoms with Crippen molar-refractivity contribution < 1.29 is 17.9 Å². The minimum Gasteiger partial charge on any atom is -0.492 e. The van der Waals surface area contributed by atoms with Crippen LogP contribution in [0.3, 0.4) is 0 Å². The van der Waals surface area contributed by atoms with Gasteiger partial charge in [-0.25, -0.2) is 13.6 Å². The molecule has 3 N–H and O–H groups in total. The lowest BCUT2D eigenvalue weighted by Crippen LogP contribution is -2.22. The molecule has 24 heavy (non-hydrogen) atoms. The van der Waals surface area contributed by atoms with Gasteiger partial charge in [0.1, 0.15) is 18.3 Å². The Morgan fingerprint density at radius 1 is 1.21 bits per heavy atom. The van der Waals surface area contributed by atoms with Gasteiger partial charge in [0, 0.05) is 11.3 Å². The van der Waals surface area contributed by atoms with Crippen molar-refractivity contribution in [3.8, 4) is 5.75 Å². The fourth-order valence-electron chi connectivity index (χ4n) is 2.67. The van der Waals surface area contributed by atoms with Crippen LogP contribution in [0.4, 0.5) is 5.69 Å². The SMILES string of the molecule is Cc1cc2c(cc1C)[C@H](C(=O)Nc1cccc(S(N)(=O)=O)c1)CO2. The summed E-state index contributed by atoms with van der Waals surface area (Å²) in [6.45, 7) is 4.24. The summed E-state index contributed by atoms with van der Waals surface area (Å²) in [6.07, 6.45) is 0. The minimum atomic E-state index is -3.82. The van der Waals surface area contributed by atoms with E-state index < -0.39 is 15.9 Å². The van der Waals surface area contributed by atoms with Crippen molar-refractivity contribution in [1.82, 2.24) is 0 Å². The van der Waals surface area contributed by atoms with E-state index in [1.165, 1.54) is 18.2 Å². The number of primary sulfonamides is 1. The summed E-state index contributed by atoms with van der Waals surface area (Å²) in [5.74, 6) is 0.0394. The number of sulfonamides is 1. The highest BCUT2D eigenvalue weighted by molar-refractivity contribution is 7.89. The Bertz CT molecular complexity index is 922. The Labute approximate surface area is 140 Å². The number of carbonyl (C=O) groups is 1. The van der Waals surface area contributed by atoms with Crippen LogP contribution in [-0.4, -0.2) is 20.9 Å². The van der Waals surface area contributed by atoms with Crippen LogP contribution in [0, 0.1) is 13.8 Å². The molecule has 0 fully saturated rings. The van der Waals surface area contributed by atoms with E-state index in [1.54, 1.807) is 6.07 Å². The van der Waals surface area contributed by atoms with Gasteiger partial charge in [0.05, 0.1) is 4.90 Å². The largest absolute Gasteiger partial charge is 0.492 e. The zero-order valence-electron chi connectivity index (χ0n) is 13.4. The van der Waals surface area contributed by atoms with Gasteiger partial charge in [-0.15, -0.1) is 0 Å². The molecule has 6 nitrogen and oxygen atoms in total. The van der Waals surface area contributed by atoms with Crippen LogP contribution < -0.4 is 15.2 Å². The molecule has 0 bridgehead atoms. The molecule has 1 amide bonds. The molecule has 0 radical (unpaired) electrons. The van der Waals surface area contributed by atoms with E-state index in [4.69, 9.17) is 9.88 Å². The molecule has 0 unspecified atom stereocenters. The summed E-state index contributed by atoms with van der Waals surface area (Å²) in [5.41, 5.74) is 3.42. The van der Waals surface area contributed by atoms with Gasteiger partial charge < -0.3 is 10.1 Å². The first-order valence-corrected chi connectivity index (χ1v) is 8.98. The highest BCUT2D eigenvalue weighted by Crippen LogP contribution is 2.36. The number of amides is 1. The van der Waals surface area contributed by atoms with Gasteiger partial charge >= 0.3 is 0 Å². The number of ether oxygens (including phenoxy) is 1. The van der Waals surface area contributed by atoms with Crippen LogP contribution in [0.2, 0.25) is 0 Å². The fraction of sp³-hybridized carbons (Fsp3) is 0.235. The number of hydrogen-bond acceptors (Lipinski definition) is 4. The van der Waals surface area contributed by atoms with Gasteiger partial charge in [-0.3, -0.25) is 4.79 Å². The van der Waals surface area contributed by atoms with Gasteiger partial charge in [0.2, 0.25) is 15.9 Å². The number of nitrogens with one attached hydrogen (secondary N) is 1. The normalized spacial score (nSPS) is 16.4. The van der Waals surface area contributed by atoms with Crippen molar-refractivity contribution in [2.24, 2.45) is 5.14 Å². The Morgan fingerprint density at radius 2 is 1.92 bits per heavy atom. The molecule has 0 saturated heterocycles.